The van der Waals surface area contributed by atoms with E-state index in [0.717, 1.165) is 12.1 Å². The van der Waals surface area contributed by atoms with E-state index in [1.165, 1.54) is 19.2 Å². The van der Waals surface area contributed by atoms with Gasteiger partial charge in [-0.1, -0.05) is 16.9 Å². The zero-order valence-corrected chi connectivity index (χ0v) is 25.7. The maximum absolute atomic E-state index is 13.6. The molecule has 15 heteroatoms. The van der Waals surface area contributed by atoms with Crippen molar-refractivity contribution in [2.24, 2.45) is 22.2 Å². The van der Waals surface area contributed by atoms with Crippen LogP contribution in [0.5, 0.6) is 5.75 Å². The summed E-state index contributed by atoms with van der Waals surface area (Å²) in [5.41, 5.74) is 3.79. The first kappa shape index (κ1) is 35.9. The highest BCUT2D eigenvalue weighted by atomic mass is 19.4. The molecule has 9 nitrogen and oxygen atoms in total. The molecular weight excluding hydrogens is 606 g/mol. The van der Waals surface area contributed by atoms with Gasteiger partial charge in [0.25, 0.3) is 0 Å². The minimum absolute atomic E-state index is 0.0142. The van der Waals surface area contributed by atoms with Gasteiger partial charge in [-0.15, -0.1) is 13.2 Å². The molecule has 1 unspecified atom stereocenters. The van der Waals surface area contributed by atoms with Gasteiger partial charge in [0.2, 0.25) is 0 Å². The van der Waals surface area contributed by atoms with Gasteiger partial charge in [-0.2, -0.15) is 18.3 Å². The highest BCUT2D eigenvalue weighted by Gasteiger charge is 2.33. The maximum Gasteiger partial charge on any atom is 0.573 e. The summed E-state index contributed by atoms with van der Waals surface area (Å²) in [6.07, 6.45) is -7.77. The second-order valence-electron chi connectivity index (χ2n) is 11.2. The summed E-state index contributed by atoms with van der Waals surface area (Å²) < 4.78 is 84.8. The van der Waals surface area contributed by atoms with Gasteiger partial charge in [0, 0.05) is 31.9 Å². The number of aliphatic carboxylic acids is 1. The second-order valence-corrected chi connectivity index (χ2v) is 11.2. The zero-order chi connectivity index (χ0) is 33.4. The van der Waals surface area contributed by atoms with Crippen LogP contribution in [0, 0.1) is 18.8 Å². The molecule has 1 fully saturated rings. The lowest BCUT2D eigenvalue weighted by Gasteiger charge is -2.35. The van der Waals surface area contributed by atoms with Crippen molar-refractivity contribution in [2.75, 3.05) is 32.1 Å². The lowest BCUT2D eigenvalue weighted by atomic mass is 9.81. The van der Waals surface area contributed by atoms with Crippen LogP contribution in [0.15, 0.2) is 46.7 Å². The zero-order valence-electron chi connectivity index (χ0n) is 25.7. The molecule has 0 bridgehead atoms. The van der Waals surface area contributed by atoms with Crippen LogP contribution >= 0.6 is 0 Å². The van der Waals surface area contributed by atoms with Crippen LogP contribution in [-0.2, 0) is 24.1 Å². The van der Waals surface area contributed by atoms with E-state index in [2.05, 4.69) is 25.8 Å². The summed E-state index contributed by atoms with van der Waals surface area (Å²) >= 11 is 0. The van der Waals surface area contributed by atoms with Crippen LogP contribution in [-0.4, -0.2) is 55.8 Å². The van der Waals surface area contributed by atoms with Crippen molar-refractivity contribution in [2.45, 2.75) is 71.4 Å². The van der Waals surface area contributed by atoms with Crippen molar-refractivity contribution in [1.82, 2.24) is 15.6 Å². The molecule has 0 aliphatic heterocycles. The van der Waals surface area contributed by atoms with E-state index in [1.807, 2.05) is 11.8 Å². The van der Waals surface area contributed by atoms with Crippen LogP contribution in [0.2, 0.25) is 0 Å². The second kappa shape index (κ2) is 15.6. The molecule has 2 aromatic carbocycles. The van der Waals surface area contributed by atoms with Crippen LogP contribution in [0.25, 0.3) is 0 Å². The van der Waals surface area contributed by atoms with E-state index in [4.69, 9.17) is 0 Å². The molecular formula is C30H40F6N6O3. The molecule has 1 atom stereocenters. The number of hydrogen-bond donors (Lipinski definition) is 3. The van der Waals surface area contributed by atoms with Crippen LogP contribution in [0.4, 0.5) is 32.0 Å². The fourth-order valence-electron chi connectivity index (χ4n) is 5.75. The first-order chi connectivity index (χ1) is 21.1. The summed E-state index contributed by atoms with van der Waals surface area (Å²) in [4.78, 5) is 15.1. The van der Waals surface area contributed by atoms with E-state index in [1.54, 1.807) is 31.0 Å². The molecule has 0 heterocycles. The van der Waals surface area contributed by atoms with Crippen LogP contribution < -0.4 is 20.4 Å². The first-order valence-electron chi connectivity index (χ1n) is 14.6. The van der Waals surface area contributed by atoms with Gasteiger partial charge in [-0.3, -0.25) is 20.4 Å². The molecule has 3 N–H and O–H groups in total. The number of nitrogens with one attached hydrogen (secondary N) is 2. The summed E-state index contributed by atoms with van der Waals surface area (Å²) in [6.45, 7) is 4.49. The van der Waals surface area contributed by atoms with Crippen molar-refractivity contribution in [3.05, 3.63) is 58.7 Å². The average Bonchev–Trinajstić information content (AvgIpc) is 2.95. The minimum Gasteiger partial charge on any atom is -0.481 e. The normalized spacial score (nSPS) is 18.3. The molecule has 0 spiro atoms. The molecule has 1 aliphatic carbocycles. The Morgan fingerprint density at radius 3 is 2.31 bits per heavy atom. The number of nitrogens with zero attached hydrogens (tertiary/aromatic N) is 4. The number of carbonyl (C=O) groups is 1. The summed E-state index contributed by atoms with van der Waals surface area (Å²) in [5, 5.41) is 19.9. The molecule has 1 saturated carbocycles. The molecule has 2 aromatic rings. The van der Waals surface area contributed by atoms with Gasteiger partial charge in [-0.25, -0.2) is 0 Å². The maximum atomic E-state index is 13.6. The van der Waals surface area contributed by atoms with E-state index in [-0.39, 0.29) is 24.9 Å². The molecule has 0 radical (unpaired) electrons. The number of ether oxygens (including phenoxy) is 1. The van der Waals surface area contributed by atoms with Gasteiger partial charge in [0.15, 0.2) is 6.29 Å². The van der Waals surface area contributed by atoms with E-state index in [0.29, 0.717) is 61.2 Å². The van der Waals surface area contributed by atoms with E-state index >= 15 is 0 Å². The predicted octanol–water partition coefficient (Wildman–Crippen LogP) is 6.72. The molecule has 45 heavy (non-hydrogen) atoms. The highest BCUT2D eigenvalue weighted by molar-refractivity contribution is 5.70. The fourth-order valence-corrected chi connectivity index (χ4v) is 5.75. The third-order valence-corrected chi connectivity index (χ3v) is 7.82. The lowest BCUT2D eigenvalue weighted by molar-refractivity contribution is -0.274. The SMILES string of the molecule is CCN(CC1CCC(C(=O)O)CC1)c1ccc(OC(F)(F)F)cc1CN(Cc1cc(C)cc(C(F)(F)F)c1)C(NC)NN=NC. The number of aryl methyl sites for hydroxylation is 1. The number of rotatable bonds is 14. The topological polar surface area (TPSA) is 102 Å². The Bertz CT molecular complexity index is 1300. The monoisotopic (exact) mass is 646 g/mol. The van der Waals surface area contributed by atoms with Gasteiger partial charge in [0.1, 0.15) is 5.75 Å². The third-order valence-electron chi connectivity index (χ3n) is 7.82. The number of anilines is 1. The van der Waals surface area contributed by atoms with Gasteiger partial charge in [-0.05, 0) is 94.0 Å². The third kappa shape index (κ3) is 10.8. The number of carboxylic acids is 1. The lowest BCUT2D eigenvalue weighted by Crippen LogP contribution is -2.51. The number of hydrogen-bond acceptors (Lipinski definition) is 7. The number of halogens is 6. The van der Waals surface area contributed by atoms with Crippen molar-refractivity contribution in [3.8, 4) is 5.75 Å². The van der Waals surface area contributed by atoms with Gasteiger partial charge >= 0.3 is 18.5 Å². The molecule has 3 rings (SSSR count). The fraction of sp³-hybridized carbons (Fsp3) is 0.567. The average molecular weight is 647 g/mol. The van der Waals surface area contributed by atoms with Crippen molar-refractivity contribution >= 4 is 11.7 Å². The predicted molar refractivity (Wildman–Crippen MR) is 156 cm³/mol. The molecule has 0 amide bonds. The van der Waals surface area contributed by atoms with Gasteiger partial charge in [0.05, 0.1) is 18.5 Å². The summed E-state index contributed by atoms with van der Waals surface area (Å²) in [7, 11) is 3.03. The summed E-state index contributed by atoms with van der Waals surface area (Å²) in [5.74, 6) is -1.45. The Balaban J connectivity index is 2.02. The van der Waals surface area contributed by atoms with Crippen LogP contribution in [0.1, 0.15) is 54.9 Å². The Morgan fingerprint density at radius 1 is 1.07 bits per heavy atom. The first-order valence-corrected chi connectivity index (χ1v) is 14.6. The van der Waals surface area contributed by atoms with E-state index < -0.39 is 36.1 Å². The largest absolute Gasteiger partial charge is 0.573 e. The smallest absolute Gasteiger partial charge is 0.481 e. The van der Waals surface area contributed by atoms with Gasteiger partial charge < -0.3 is 14.7 Å². The molecule has 0 saturated heterocycles. The molecule has 0 aromatic heterocycles. The molecule has 250 valence electrons. The van der Waals surface area contributed by atoms with Crippen molar-refractivity contribution < 1.29 is 41.0 Å². The Morgan fingerprint density at radius 2 is 1.76 bits per heavy atom. The Hall–Kier alpha value is -3.59. The Labute approximate surface area is 258 Å². The van der Waals surface area contributed by atoms with Crippen molar-refractivity contribution in [1.29, 1.82) is 0 Å². The molecule has 1 aliphatic rings. The standard InChI is InChI=1S/C30H40F6N6O3/c1-5-41(16-20-6-8-22(9-7-20)27(43)44)26-11-10-25(45-30(34,35)36)15-23(26)18-42(28(37-3)39-40-38-4)17-21-12-19(2)13-24(14-21)29(31,32)33/h10-15,20,22,28,37H,5-9,16-18H2,1-4H3,(H,38,39)(H,43,44). The highest BCUT2D eigenvalue weighted by Crippen LogP contribution is 2.35. The van der Waals surface area contributed by atoms with Crippen molar-refractivity contribution in [3.63, 3.8) is 0 Å². The summed E-state index contributed by atoms with van der Waals surface area (Å²) in [6, 6.07) is 7.77. The van der Waals surface area contributed by atoms with Crippen LogP contribution in [0.3, 0.4) is 0 Å². The number of benzene rings is 2. The Kier molecular flexibility index (Phi) is 12.4. The minimum atomic E-state index is -4.93. The quantitative estimate of drug-likeness (QED) is 0.0907. The number of alkyl halides is 6. The van der Waals surface area contributed by atoms with E-state index in [9.17, 15) is 36.2 Å². The number of carboxylic acid groups (broad SMARTS) is 1.